The Morgan fingerprint density at radius 1 is 1.77 bits per heavy atom. The van der Waals surface area contributed by atoms with Crippen molar-refractivity contribution in [2.24, 2.45) is 5.73 Å². The van der Waals surface area contributed by atoms with E-state index in [1.165, 1.54) is 0 Å². The van der Waals surface area contributed by atoms with Crippen LogP contribution in [0.3, 0.4) is 0 Å². The molecule has 0 spiro atoms. The number of hydrogen-bond acceptors (Lipinski definition) is 3. The first-order chi connectivity index (χ1) is 6.13. The average Bonchev–Trinajstić information content (AvgIpc) is 2.51. The maximum atomic E-state index is 11.5. The van der Waals surface area contributed by atoms with Crippen LogP contribution >= 0.6 is 0 Å². The highest BCUT2D eigenvalue weighted by Gasteiger charge is 2.24. The zero-order chi connectivity index (χ0) is 9.84. The minimum Gasteiger partial charge on any atom is -0.391 e. The Balaban J connectivity index is 2.31. The molecular weight excluding hydrogens is 168 g/mol. The zero-order valence-electron chi connectivity index (χ0n) is 8.07. The largest absolute Gasteiger partial charge is 0.391 e. The number of β-amino-alcohol motifs (C(OH)–C–C–N with tert-alkyl or cyclic N) is 1. The number of hydrogen-bond donors (Lipinski definition) is 2. The molecule has 0 saturated carbocycles. The lowest BCUT2D eigenvalue weighted by Gasteiger charge is -2.17. The molecule has 76 valence electrons. The summed E-state index contributed by atoms with van der Waals surface area (Å²) < 4.78 is 0. The molecule has 0 aromatic carbocycles. The molecule has 1 unspecified atom stereocenters. The van der Waals surface area contributed by atoms with Gasteiger partial charge in [0, 0.05) is 25.6 Å². The number of nitrogens with two attached hydrogens (primary N) is 1. The Bertz CT molecular complexity index is 184. The first-order valence-electron chi connectivity index (χ1n) is 4.85. The van der Waals surface area contributed by atoms with Crippen LogP contribution in [-0.4, -0.2) is 41.1 Å². The first kappa shape index (κ1) is 10.5. The van der Waals surface area contributed by atoms with Crippen molar-refractivity contribution in [2.75, 3.05) is 13.1 Å². The van der Waals surface area contributed by atoms with Crippen LogP contribution < -0.4 is 5.73 Å². The number of rotatable bonds is 3. The summed E-state index contributed by atoms with van der Waals surface area (Å²) in [4.78, 5) is 13.2. The highest BCUT2D eigenvalue weighted by molar-refractivity contribution is 5.77. The van der Waals surface area contributed by atoms with Crippen LogP contribution in [0.4, 0.5) is 0 Å². The molecule has 4 nitrogen and oxygen atoms in total. The van der Waals surface area contributed by atoms with Crippen molar-refractivity contribution in [1.29, 1.82) is 0 Å². The van der Waals surface area contributed by atoms with Crippen LogP contribution in [0, 0.1) is 0 Å². The third-order valence-corrected chi connectivity index (χ3v) is 2.48. The van der Waals surface area contributed by atoms with Gasteiger partial charge in [-0.2, -0.15) is 0 Å². The van der Waals surface area contributed by atoms with E-state index in [1.54, 1.807) is 4.90 Å². The number of nitrogens with zero attached hydrogens (tertiary/aromatic N) is 1. The Kier molecular flexibility index (Phi) is 3.69. The van der Waals surface area contributed by atoms with Crippen molar-refractivity contribution in [2.45, 2.75) is 38.3 Å². The Labute approximate surface area is 78.7 Å². The molecule has 1 rings (SSSR count). The lowest BCUT2D eigenvalue weighted by atomic mass is 10.1. The summed E-state index contributed by atoms with van der Waals surface area (Å²) >= 11 is 0. The first-order valence-corrected chi connectivity index (χ1v) is 4.85. The molecule has 1 amide bonds. The number of carbonyl (C=O) groups excluding carboxylic acids is 1. The number of carbonyl (C=O) groups is 1. The maximum absolute atomic E-state index is 11.5. The van der Waals surface area contributed by atoms with Crippen LogP contribution in [0.5, 0.6) is 0 Å². The molecule has 0 bridgehead atoms. The minimum atomic E-state index is -0.332. The second-order valence-electron chi connectivity index (χ2n) is 3.65. The fraction of sp³-hybridized carbons (Fsp3) is 0.889. The van der Waals surface area contributed by atoms with E-state index in [1.807, 2.05) is 6.92 Å². The van der Waals surface area contributed by atoms with Gasteiger partial charge in [0.05, 0.1) is 6.10 Å². The second-order valence-corrected chi connectivity index (χ2v) is 3.65. The molecule has 3 N–H and O–H groups in total. The molecule has 0 aromatic rings. The Morgan fingerprint density at radius 3 is 2.92 bits per heavy atom. The van der Waals surface area contributed by atoms with E-state index in [4.69, 9.17) is 5.73 Å². The Hall–Kier alpha value is -0.610. The Morgan fingerprint density at radius 2 is 2.46 bits per heavy atom. The van der Waals surface area contributed by atoms with E-state index in [0.29, 0.717) is 25.9 Å². The van der Waals surface area contributed by atoms with E-state index in [2.05, 4.69) is 0 Å². The second kappa shape index (κ2) is 4.58. The van der Waals surface area contributed by atoms with Crippen molar-refractivity contribution >= 4 is 5.91 Å². The van der Waals surface area contributed by atoms with Crippen molar-refractivity contribution in [1.82, 2.24) is 4.90 Å². The number of aliphatic hydroxyl groups is 1. The highest BCUT2D eigenvalue weighted by atomic mass is 16.3. The van der Waals surface area contributed by atoms with Gasteiger partial charge in [0.2, 0.25) is 5.91 Å². The van der Waals surface area contributed by atoms with Crippen molar-refractivity contribution in [3.63, 3.8) is 0 Å². The molecule has 0 radical (unpaired) electrons. The molecule has 0 aliphatic carbocycles. The number of aliphatic hydroxyl groups excluding tert-OH is 1. The molecule has 1 aliphatic rings. The number of amides is 1. The lowest BCUT2D eigenvalue weighted by molar-refractivity contribution is -0.130. The predicted molar refractivity (Wildman–Crippen MR) is 50.1 cm³/mol. The van der Waals surface area contributed by atoms with Crippen LogP contribution in [0.2, 0.25) is 0 Å². The van der Waals surface area contributed by atoms with Gasteiger partial charge in [0.15, 0.2) is 0 Å². The van der Waals surface area contributed by atoms with Gasteiger partial charge in [0.25, 0.3) is 0 Å². The monoisotopic (exact) mass is 186 g/mol. The third kappa shape index (κ3) is 2.97. The molecule has 1 fully saturated rings. The fourth-order valence-corrected chi connectivity index (χ4v) is 1.47. The summed E-state index contributed by atoms with van der Waals surface area (Å²) in [5, 5.41) is 9.21. The minimum absolute atomic E-state index is 0.0368. The van der Waals surface area contributed by atoms with Gasteiger partial charge in [-0.15, -0.1) is 0 Å². The molecule has 1 heterocycles. The number of likely N-dealkylation sites (tertiary alicyclic amines) is 1. The van der Waals surface area contributed by atoms with Gasteiger partial charge in [-0.3, -0.25) is 4.79 Å². The van der Waals surface area contributed by atoms with Crippen molar-refractivity contribution < 1.29 is 9.90 Å². The van der Waals surface area contributed by atoms with Gasteiger partial charge in [-0.05, 0) is 12.8 Å². The molecular formula is C9H18N2O2. The summed E-state index contributed by atoms with van der Waals surface area (Å²) in [6, 6.07) is -0.0368. The molecule has 13 heavy (non-hydrogen) atoms. The molecule has 2 atom stereocenters. The van der Waals surface area contributed by atoms with Gasteiger partial charge in [-0.1, -0.05) is 6.92 Å². The van der Waals surface area contributed by atoms with Gasteiger partial charge in [0.1, 0.15) is 0 Å². The highest BCUT2D eigenvalue weighted by Crippen LogP contribution is 2.10. The molecule has 1 aliphatic heterocycles. The van der Waals surface area contributed by atoms with Gasteiger partial charge < -0.3 is 15.7 Å². The van der Waals surface area contributed by atoms with E-state index < -0.39 is 0 Å². The van der Waals surface area contributed by atoms with E-state index in [9.17, 15) is 9.90 Å². The molecule has 4 heteroatoms. The van der Waals surface area contributed by atoms with Crippen LogP contribution in [-0.2, 0) is 4.79 Å². The van der Waals surface area contributed by atoms with E-state index in [0.717, 1.165) is 6.42 Å². The maximum Gasteiger partial charge on any atom is 0.224 e. The smallest absolute Gasteiger partial charge is 0.224 e. The van der Waals surface area contributed by atoms with Gasteiger partial charge >= 0.3 is 0 Å². The lowest BCUT2D eigenvalue weighted by Crippen LogP contribution is -2.34. The normalized spacial score (nSPS) is 24.8. The quantitative estimate of drug-likeness (QED) is 0.636. The average molecular weight is 186 g/mol. The third-order valence-electron chi connectivity index (χ3n) is 2.48. The standard InChI is InChI=1S/C9H18N2O2/c1-2-7(10)5-9(13)11-4-3-8(12)6-11/h7-8,12H,2-6,10H2,1H3/t7?,8-/m1/s1. The molecule has 1 saturated heterocycles. The zero-order valence-corrected chi connectivity index (χ0v) is 8.07. The van der Waals surface area contributed by atoms with E-state index in [-0.39, 0.29) is 18.1 Å². The van der Waals surface area contributed by atoms with Crippen LogP contribution in [0.25, 0.3) is 0 Å². The fourth-order valence-electron chi connectivity index (χ4n) is 1.47. The van der Waals surface area contributed by atoms with Crippen molar-refractivity contribution in [3.05, 3.63) is 0 Å². The van der Waals surface area contributed by atoms with Crippen molar-refractivity contribution in [3.8, 4) is 0 Å². The van der Waals surface area contributed by atoms with E-state index >= 15 is 0 Å². The predicted octanol–water partition coefficient (Wildman–Crippen LogP) is -0.293. The summed E-state index contributed by atoms with van der Waals surface area (Å²) in [6.45, 7) is 3.13. The van der Waals surface area contributed by atoms with Crippen LogP contribution in [0.15, 0.2) is 0 Å². The summed E-state index contributed by atoms with van der Waals surface area (Å²) in [5.41, 5.74) is 5.67. The summed E-state index contributed by atoms with van der Waals surface area (Å²) in [7, 11) is 0. The topological polar surface area (TPSA) is 66.6 Å². The van der Waals surface area contributed by atoms with Crippen LogP contribution in [0.1, 0.15) is 26.2 Å². The molecule has 0 aromatic heterocycles. The SMILES string of the molecule is CCC(N)CC(=O)N1CC[C@@H](O)C1. The van der Waals surface area contributed by atoms with Gasteiger partial charge in [-0.25, -0.2) is 0 Å². The summed E-state index contributed by atoms with van der Waals surface area (Å²) in [5.74, 6) is 0.0749. The summed E-state index contributed by atoms with van der Waals surface area (Å²) in [6.07, 6.45) is 1.60.